The Bertz CT molecular complexity index is 681. The van der Waals surface area contributed by atoms with Crippen LogP contribution in [0, 0.1) is 0 Å². The van der Waals surface area contributed by atoms with Crippen molar-refractivity contribution in [2.75, 3.05) is 33.4 Å². The summed E-state index contributed by atoms with van der Waals surface area (Å²) in [6.45, 7) is 8.88. The molecule has 7 heteroatoms. The van der Waals surface area contributed by atoms with Gasteiger partial charge in [-0.15, -0.1) is 12.4 Å². The summed E-state index contributed by atoms with van der Waals surface area (Å²) in [6, 6.07) is 9.82. The van der Waals surface area contributed by atoms with Crippen LogP contribution in [0.15, 0.2) is 36.5 Å². The number of para-hydroxylation sites is 1. The van der Waals surface area contributed by atoms with Crippen LogP contribution in [0.25, 0.3) is 5.69 Å². The monoisotopic (exact) mass is 380 g/mol. The van der Waals surface area contributed by atoms with E-state index in [0.29, 0.717) is 25.3 Å². The predicted octanol–water partition coefficient (Wildman–Crippen LogP) is 2.56. The Morgan fingerprint density at radius 2 is 1.85 bits per heavy atom. The van der Waals surface area contributed by atoms with E-state index in [1.165, 1.54) is 0 Å². The summed E-state index contributed by atoms with van der Waals surface area (Å²) in [7, 11) is 1.67. The van der Waals surface area contributed by atoms with Gasteiger partial charge in [-0.3, -0.25) is 4.79 Å². The molecule has 26 heavy (non-hydrogen) atoms. The molecule has 0 unspecified atom stereocenters. The number of aromatic nitrogens is 2. The summed E-state index contributed by atoms with van der Waals surface area (Å²) in [4.78, 5) is 12.6. The maximum atomic E-state index is 12.6. The molecule has 1 aromatic carbocycles. The molecule has 2 aromatic rings. The Balaban J connectivity index is 0.00000338. The van der Waals surface area contributed by atoms with Crippen LogP contribution in [0.4, 0.5) is 0 Å². The van der Waals surface area contributed by atoms with Crippen LogP contribution in [-0.2, 0) is 10.2 Å². The Morgan fingerprint density at radius 1 is 1.15 bits per heavy atom. The van der Waals surface area contributed by atoms with E-state index >= 15 is 0 Å². The minimum atomic E-state index is -0.219. The van der Waals surface area contributed by atoms with Gasteiger partial charge in [0, 0.05) is 38.4 Å². The molecule has 0 aliphatic heterocycles. The molecule has 1 aromatic heterocycles. The number of hydrogen-bond donors (Lipinski definition) is 2. The van der Waals surface area contributed by atoms with Crippen molar-refractivity contribution in [2.24, 2.45) is 0 Å². The third-order valence-corrected chi connectivity index (χ3v) is 3.76. The third kappa shape index (κ3) is 6.12. The normalized spacial score (nSPS) is 11.1. The highest BCUT2D eigenvalue weighted by Crippen LogP contribution is 2.25. The number of hydrogen-bond acceptors (Lipinski definition) is 4. The van der Waals surface area contributed by atoms with Gasteiger partial charge < -0.3 is 15.4 Å². The van der Waals surface area contributed by atoms with E-state index in [1.807, 2.05) is 36.5 Å². The first-order chi connectivity index (χ1) is 11.9. The summed E-state index contributed by atoms with van der Waals surface area (Å²) in [6.07, 6.45) is 1.81. The maximum absolute atomic E-state index is 12.6. The molecule has 6 nitrogen and oxygen atoms in total. The second-order valence-corrected chi connectivity index (χ2v) is 6.92. The highest BCUT2D eigenvalue weighted by Gasteiger charge is 2.26. The lowest BCUT2D eigenvalue weighted by Crippen LogP contribution is -2.34. The van der Waals surface area contributed by atoms with Crippen molar-refractivity contribution < 1.29 is 9.53 Å². The zero-order valence-electron chi connectivity index (χ0n) is 15.9. The first-order valence-electron chi connectivity index (χ1n) is 8.57. The van der Waals surface area contributed by atoms with E-state index < -0.39 is 0 Å². The molecule has 0 aliphatic rings. The second-order valence-electron chi connectivity index (χ2n) is 6.92. The predicted molar refractivity (Wildman–Crippen MR) is 107 cm³/mol. The van der Waals surface area contributed by atoms with Gasteiger partial charge in [-0.05, 0) is 12.1 Å². The van der Waals surface area contributed by atoms with Crippen LogP contribution in [0.1, 0.15) is 36.8 Å². The molecule has 2 rings (SSSR count). The van der Waals surface area contributed by atoms with Gasteiger partial charge in [-0.1, -0.05) is 39.0 Å². The lowest BCUT2D eigenvalue weighted by Gasteiger charge is -2.17. The number of amides is 1. The smallest absolute Gasteiger partial charge is 0.254 e. The SMILES string of the molecule is COCCNCCNC(=O)c1cn(-c2ccccc2)nc1C(C)(C)C.Cl. The Morgan fingerprint density at radius 3 is 2.46 bits per heavy atom. The molecule has 0 aliphatic carbocycles. The van der Waals surface area contributed by atoms with Gasteiger partial charge in [0.2, 0.25) is 0 Å². The van der Waals surface area contributed by atoms with Gasteiger partial charge in [0.1, 0.15) is 0 Å². The average molecular weight is 381 g/mol. The van der Waals surface area contributed by atoms with Crippen molar-refractivity contribution in [3.8, 4) is 5.69 Å². The lowest BCUT2D eigenvalue weighted by atomic mass is 9.89. The molecule has 0 radical (unpaired) electrons. The summed E-state index contributed by atoms with van der Waals surface area (Å²) >= 11 is 0. The minimum Gasteiger partial charge on any atom is -0.383 e. The zero-order chi connectivity index (χ0) is 18.3. The van der Waals surface area contributed by atoms with Gasteiger partial charge in [0.05, 0.1) is 23.6 Å². The number of carbonyl (C=O) groups is 1. The summed E-state index contributed by atoms with van der Waals surface area (Å²) < 4.78 is 6.75. The first-order valence-corrected chi connectivity index (χ1v) is 8.57. The van der Waals surface area contributed by atoms with Crippen LogP contribution in [0.2, 0.25) is 0 Å². The molecule has 0 fully saturated rings. The lowest BCUT2D eigenvalue weighted by molar-refractivity contribution is 0.0951. The first kappa shape index (κ1) is 22.2. The maximum Gasteiger partial charge on any atom is 0.254 e. The topological polar surface area (TPSA) is 68.2 Å². The van der Waals surface area contributed by atoms with Crippen LogP contribution >= 0.6 is 12.4 Å². The van der Waals surface area contributed by atoms with Crippen molar-refractivity contribution in [3.63, 3.8) is 0 Å². The van der Waals surface area contributed by atoms with Gasteiger partial charge in [-0.2, -0.15) is 5.10 Å². The van der Waals surface area contributed by atoms with E-state index in [1.54, 1.807) is 11.8 Å². The largest absolute Gasteiger partial charge is 0.383 e. The van der Waals surface area contributed by atoms with Crippen molar-refractivity contribution in [1.29, 1.82) is 0 Å². The van der Waals surface area contributed by atoms with Crippen LogP contribution in [-0.4, -0.2) is 49.0 Å². The van der Waals surface area contributed by atoms with E-state index in [4.69, 9.17) is 4.74 Å². The number of methoxy groups -OCH3 is 1. The number of nitrogens with zero attached hydrogens (tertiary/aromatic N) is 2. The highest BCUT2D eigenvalue weighted by molar-refractivity contribution is 5.95. The number of nitrogens with one attached hydrogen (secondary N) is 2. The number of carbonyl (C=O) groups excluding carboxylic acids is 1. The Kier molecular flexibility index (Phi) is 8.78. The van der Waals surface area contributed by atoms with E-state index in [2.05, 4.69) is 36.5 Å². The van der Waals surface area contributed by atoms with Crippen molar-refractivity contribution in [2.45, 2.75) is 26.2 Å². The molecule has 0 saturated carbocycles. The molecular formula is C19H29ClN4O2. The van der Waals surface area contributed by atoms with E-state index in [-0.39, 0.29) is 23.7 Å². The van der Waals surface area contributed by atoms with Crippen molar-refractivity contribution >= 4 is 18.3 Å². The number of benzene rings is 1. The van der Waals surface area contributed by atoms with Crippen molar-refractivity contribution in [3.05, 3.63) is 47.8 Å². The summed E-state index contributed by atoms with van der Waals surface area (Å²) in [5, 5.41) is 10.8. The van der Waals surface area contributed by atoms with Crippen LogP contribution < -0.4 is 10.6 Å². The number of halogens is 1. The fourth-order valence-electron chi connectivity index (χ4n) is 2.47. The standard InChI is InChI=1S/C19H28N4O2.ClH/c1-19(2,3)17-16(18(24)21-11-10-20-12-13-25-4)14-23(22-17)15-8-6-5-7-9-15;/h5-9,14,20H,10-13H2,1-4H3,(H,21,24);1H. The minimum absolute atomic E-state index is 0. The molecule has 2 N–H and O–H groups in total. The molecule has 0 atom stereocenters. The molecule has 0 spiro atoms. The molecule has 1 amide bonds. The average Bonchev–Trinajstić information content (AvgIpc) is 3.04. The molecular weight excluding hydrogens is 352 g/mol. The summed E-state index contributed by atoms with van der Waals surface area (Å²) in [5.41, 5.74) is 2.13. The summed E-state index contributed by atoms with van der Waals surface area (Å²) in [5.74, 6) is -0.0966. The van der Waals surface area contributed by atoms with E-state index in [0.717, 1.165) is 17.9 Å². The molecule has 144 valence electrons. The highest BCUT2D eigenvalue weighted by atomic mass is 35.5. The number of rotatable bonds is 8. The van der Waals surface area contributed by atoms with Gasteiger partial charge in [-0.25, -0.2) is 4.68 Å². The second kappa shape index (κ2) is 10.3. The molecule has 1 heterocycles. The fraction of sp³-hybridized carbons (Fsp3) is 0.474. The van der Waals surface area contributed by atoms with Crippen LogP contribution in [0.5, 0.6) is 0 Å². The van der Waals surface area contributed by atoms with E-state index in [9.17, 15) is 4.79 Å². The fourth-order valence-corrected chi connectivity index (χ4v) is 2.47. The zero-order valence-corrected chi connectivity index (χ0v) is 16.7. The Hall–Kier alpha value is -1.89. The van der Waals surface area contributed by atoms with Crippen molar-refractivity contribution in [1.82, 2.24) is 20.4 Å². The Labute approximate surface area is 161 Å². The van der Waals surface area contributed by atoms with Gasteiger partial charge in [0.25, 0.3) is 5.91 Å². The van der Waals surface area contributed by atoms with Gasteiger partial charge in [0.15, 0.2) is 0 Å². The quantitative estimate of drug-likeness (QED) is 0.690. The van der Waals surface area contributed by atoms with Gasteiger partial charge >= 0.3 is 0 Å². The number of ether oxygens (including phenoxy) is 1. The molecule has 0 bridgehead atoms. The molecule has 0 saturated heterocycles. The third-order valence-electron chi connectivity index (χ3n) is 3.76. The van der Waals surface area contributed by atoms with Crippen LogP contribution in [0.3, 0.4) is 0 Å².